The molecule has 1 aliphatic heterocycles. The highest BCUT2D eigenvalue weighted by atomic mass is 35.5. The van der Waals surface area contributed by atoms with Crippen molar-refractivity contribution in [2.24, 2.45) is 0 Å². The predicted molar refractivity (Wildman–Crippen MR) is 92.5 cm³/mol. The summed E-state index contributed by atoms with van der Waals surface area (Å²) in [4.78, 5) is 24.3. The van der Waals surface area contributed by atoms with Crippen molar-refractivity contribution in [1.82, 2.24) is 5.32 Å². The van der Waals surface area contributed by atoms with E-state index in [2.05, 4.69) is 10.6 Å². The first-order valence-electron chi connectivity index (χ1n) is 7.34. The van der Waals surface area contributed by atoms with E-state index in [9.17, 15) is 9.59 Å². The van der Waals surface area contributed by atoms with Crippen LogP contribution in [0.25, 0.3) is 0 Å². The standard InChI is InChI=1S/C17H14Cl2N2O3/c18-11-5-3-6-13(15(11)19)21-17(23)16(22)20-12-8-9-24-14-7-2-1-4-10(12)14/h1-7,12H,8-9H2,(H,20,22)(H,21,23)/t12-/m1/s1. The minimum Gasteiger partial charge on any atom is -0.493 e. The molecule has 0 saturated carbocycles. The molecule has 0 unspecified atom stereocenters. The number of halogens is 2. The molecule has 0 radical (unpaired) electrons. The second kappa shape index (κ2) is 7.11. The number of fused-ring (bicyclic) bond motifs is 1. The Hall–Kier alpha value is -2.24. The molecule has 2 aromatic carbocycles. The SMILES string of the molecule is O=C(Nc1cccc(Cl)c1Cl)C(=O)N[C@@H]1CCOc2ccccc21. The molecule has 0 spiro atoms. The minimum absolute atomic E-state index is 0.191. The van der Waals surface area contributed by atoms with Gasteiger partial charge in [-0.15, -0.1) is 0 Å². The third-order valence-electron chi connectivity index (χ3n) is 3.67. The van der Waals surface area contributed by atoms with Crippen molar-refractivity contribution in [2.75, 3.05) is 11.9 Å². The number of anilines is 1. The van der Waals surface area contributed by atoms with E-state index in [1.807, 2.05) is 24.3 Å². The van der Waals surface area contributed by atoms with Crippen LogP contribution in [-0.4, -0.2) is 18.4 Å². The number of hydrogen-bond acceptors (Lipinski definition) is 3. The van der Waals surface area contributed by atoms with Gasteiger partial charge in [0.2, 0.25) is 0 Å². The van der Waals surface area contributed by atoms with Crippen LogP contribution < -0.4 is 15.4 Å². The Kier molecular flexibility index (Phi) is 4.92. The molecule has 5 nitrogen and oxygen atoms in total. The van der Waals surface area contributed by atoms with Gasteiger partial charge in [-0.2, -0.15) is 0 Å². The van der Waals surface area contributed by atoms with Crippen molar-refractivity contribution < 1.29 is 14.3 Å². The third-order valence-corrected chi connectivity index (χ3v) is 4.49. The van der Waals surface area contributed by atoms with Crippen LogP contribution in [0.3, 0.4) is 0 Å². The normalized spacial score (nSPS) is 15.8. The second-order valence-electron chi connectivity index (χ2n) is 5.26. The summed E-state index contributed by atoms with van der Waals surface area (Å²) in [7, 11) is 0. The number of hydrogen-bond donors (Lipinski definition) is 2. The fourth-order valence-corrected chi connectivity index (χ4v) is 2.84. The predicted octanol–water partition coefficient (Wildman–Crippen LogP) is 3.57. The molecule has 2 N–H and O–H groups in total. The summed E-state index contributed by atoms with van der Waals surface area (Å²) in [5.74, 6) is -0.830. The average Bonchev–Trinajstić information content (AvgIpc) is 2.59. The van der Waals surface area contributed by atoms with Crippen LogP contribution in [0.4, 0.5) is 5.69 Å². The van der Waals surface area contributed by atoms with Gasteiger partial charge in [0.1, 0.15) is 5.75 Å². The van der Waals surface area contributed by atoms with Gasteiger partial charge >= 0.3 is 11.8 Å². The van der Waals surface area contributed by atoms with Crippen LogP contribution in [0.1, 0.15) is 18.0 Å². The van der Waals surface area contributed by atoms with E-state index in [0.29, 0.717) is 23.8 Å². The fourth-order valence-electron chi connectivity index (χ4n) is 2.50. The Labute approximate surface area is 148 Å². The summed E-state index contributed by atoms with van der Waals surface area (Å²) in [6, 6.07) is 11.9. The van der Waals surface area contributed by atoms with E-state index in [0.717, 1.165) is 5.56 Å². The maximum absolute atomic E-state index is 12.2. The Morgan fingerprint density at radius 3 is 2.67 bits per heavy atom. The Balaban J connectivity index is 1.69. The first-order valence-corrected chi connectivity index (χ1v) is 8.09. The number of para-hydroxylation sites is 1. The van der Waals surface area contributed by atoms with E-state index in [4.69, 9.17) is 27.9 Å². The number of rotatable bonds is 2. The molecule has 0 aliphatic carbocycles. The fraction of sp³-hybridized carbons (Fsp3) is 0.176. The van der Waals surface area contributed by atoms with E-state index >= 15 is 0 Å². The Morgan fingerprint density at radius 2 is 1.83 bits per heavy atom. The molecule has 1 aliphatic rings. The smallest absolute Gasteiger partial charge is 0.313 e. The molecule has 0 aromatic heterocycles. The lowest BCUT2D eigenvalue weighted by atomic mass is 10.0. The second-order valence-corrected chi connectivity index (χ2v) is 6.04. The number of carbonyl (C=O) groups is 2. The van der Waals surface area contributed by atoms with Crippen LogP contribution in [0, 0.1) is 0 Å². The zero-order valence-corrected chi connectivity index (χ0v) is 14.0. The van der Waals surface area contributed by atoms with Gasteiger partial charge in [0.25, 0.3) is 0 Å². The molecule has 24 heavy (non-hydrogen) atoms. The maximum atomic E-state index is 12.2. The summed E-state index contributed by atoms with van der Waals surface area (Å²) in [6.45, 7) is 0.476. The van der Waals surface area contributed by atoms with Gasteiger partial charge in [0.05, 0.1) is 28.4 Å². The molecule has 124 valence electrons. The molecule has 7 heteroatoms. The first-order chi connectivity index (χ1) is 11.6. The molecule has 0 saturated heterocycles. The summed E-state index contributed by atoms with van der Waals surface area (Å²) in [5.41, 5.74) is 1.14. The monoisotopic (exact) mass is 364 g/mol. The van der Waals surface area contributed by atoms with Gasteiger partial charge < -0.3 is 15.4 Å². The van der Waals surface area contributed by atoms with E-state index in [-0.39, 0.29) is 16.8 Å². The highest BCUT2D eigenvalue weighted by molar-refractivity contribution is 6.45. The molecule has 2 aromatic rings. The number of carbonyl (C=O) groups excluding carboxylic acids is 2. The van der Waals surface area contributed by atoms with Gasteiger partial charge in [-0.05, 0) is 18.2 Å². The summed E-state index contributed by atoms with van der Waals surface area (Å²) >= 11 is 11.9. The molecular weight excluding hydrogens is 351 g/mol. The lowest BCUT2D eigenvalue weighted by molar-refractivity contribution is -0.136. The highest BCUT2D eigenvalue weighted by Crippen LogP contribution is 2.32. The van der Waals surface area contributed by atoms with Crippen LogP contribution in [-0.2, 0) is 9.59 Å². The Bertz CT molecular complexity index is 795. The zero-order valence-electron chi connectivity index (χ0n) is 12.5. The molecule has 2 amide bonds. The largest absolute Gasteiger partial charge is 0.493 e. The van der Waals surface area contributed by atoms with Crippen LogP contribution in [0.5, 0.6) is 5.75 Å². The summed E-state index contributed by atoms with van der Waals surface area (Å²) in [5, 5.41) is 5.68. The molecule has 3 rings (SSSR count). The molecule has 0 bridgehead atoms. The van der Waals surface area contributed by atoms with Gasteiger partial charge in [0, 0.05) is 12.0 Å². The van der Waals surface area contributed by atoms with E-state index < -0.39 is 11.8 Å². The molecular formula is C17H14Cl2N2O3. The first kappa shape index (κ1) is 16.6. The zero-order chi connectivity index (χ0) is 17.1. The number of amides is 2. The van der Waals surface area contributed by atoms with Crippen molar-refractivity contribution in [3.8, 4) is 5.75 Å². The van der Waals surface area contributed by atoms with Gasteiger partial charge in [-0.1, -0.05) is 47.5 Å². The average molecular weight is 365 g/mol. The molecule has 1 atom stereocenters. The van der Waals surface area contributed by atoms with Gasteiger partial charge in [-0.25, -0.2) is 0 Å². The van der Waals surface area contributed by atoms with Crippen molar-refractivity contribution in [3.63, 3.8) is 0 Å². The van der Waals surface area contributed by atoms with Crippen molar-refractivity contribution >= 4 is 40.7 Å². The quantitative estimate of drug-likeness (QED) is 0.800. The van der Waals surface area contributed by atoms with Gasteiger partial charge in [-0.3, -0.25) is 9.59 Å². The van der Waals surface area contributed by atoms with Crippen molar-refractivity contribution in [3.05, 3.63) is 58.1 Å². The highest BCUT2D eigenvalue weighted by Gasteiger charge is 2.25. The minimum atomic E-state index is -0.803. The number of nitrogens with one attached hydrogen (secondary N) is 2. The van der Waals surface area contributed by atoms with Crippen LogP contribution >= 0.6 is 23.2 Å². The number of benzene rings is 2. The Morgan fingerprint density at radius 1 is 1.04 bits per heavy atom. The van der Waals surface area contributed by atoms with Crippen molar-refractivity contribution in [2.45, 2.75) is 12.5 Å². The molecule has 0 fully saturated rings. The topological polar surface area (TPSA) is 67.4 Å². The maximum Gasteiger partial charge on any atom is 0.313 e. The summed E-state index contributed by atoms with van der Waals surface area (Å²) in [6.07, 6.45) is 0.591. The van der Waals surface area contributed by atoms with Crippen LogP contribution in [0.15, 0.2) is 42.5 Å². The van der Waals surface area contributed by atoms with E-state index in [1.165, 1.54) is 0 Å². The lowest BCUT2D eigenvalue weighted by Gasteiger charge is -2.26. The number of ether oxygens (including phenoxy) is 1. The molecule has 1 heterocycles. The van der Waals surface area contributed by atoms with Crippen LogP contribution in [0.2, 0.25) is 10.0 Å². The van der Waals surface area contributed by atoms with E-state index in [1.54, 1.807) is 18.2 Å². The lowest BCUT2D eigenvalue weighted by Crippen LogP contribution is -2.39. The third kappa shape index (κ3) is 3.47. The summed E-state index contributed by atoms with van der Waals surface area (Å²) < 4.78 is 5.54. The van der Waals surface area contributed by atoms with Gasteiger partial charge in [0.15, 0.2) is 0 Å². The van der Waals surface area contributed by atoms with Crippen molar-refractivity contribution in [1.29, 1.82) is 0 Å².